The van der Waals surface area contributed by atoms with Gasteiger partial charge in [-0.3, -0.25) is 9.69 Å². The van der Waals surface area contributed by atoms with E-state index < -0.39 is 0 Å². The Morgan fingerprint density at radius 1 is 1.39 bits per heavy atom. The Bertz CT molecular complexity index is 249. The van der Waals surface area contributed by atoms with Gasteiger partial charge in [0.05, 0.1) is 6.54 Å². The fraction of sp³-hybridized carbons (Fsp3) is 0.929. The SMILES string of the molecule is CCCC(C)NC(=O)CN(C)C1CCC(N)CC1. The van der Waals surface area contributed by atoms with Gasteiger partial charge in [0.25, 0.3) is 0 Å². The first-order valence-corrected chi connectivity index (χ1v) is 7.28. The molecule has 106 valence electrons. The van der Waals surface area contributed by atoms with Crippen LogP contribution in [0, 0.1) is 0 Å². The van der Waals surface area contributed by atoms with Crippen molar-refractivity contribution in [3.63, 3.8) is 0 Å². The molecule has 1 rings (SSSR count). The molecule has 0 radical (unpaired) electrons. The molecule has 3 N–H and O–H groups in total. The molecule has 1 aliphatic rings. The first-order valence-electron chi connectivity index (χ1n) is 7.28. The molecule has 0 aromatic carbocycles. The molecule has 1 amide bonds. The van der Waals surface area contributed by atoms with E-state index in [1.165, 1.54) is 0 Å². The molecule has 0 bridgehead atoms. The van der Waals surface area contributed by atoms with Crippen LogP contribution in [0.25, 0.3) is 0 Å². The number of rotatable bonds is 6. The molecule has 0 aromatic heterocycles. The molecule has 1 aliphatic carbocycles. The second-order valence-electron chi connectivity index (χ2n) is 5.74. The van der Waals surface area contributed by atoms with Gasteiger partial charge in [-0.2, -0.15) is 0 Å². The van der Waals surface area contributed by atoms with Gasteiger partial charge in [-0.25, -0.2) is 0 Å². The van der Waals surface area contributed by atoms with Gasteiger partial charge in [-0.05, 0) is 46.1 Å². The summed E-state index contributed by atoms with van der Waals surface area (Å²) in [7, 11) is 2.05. The monoisotopic (exact) mass is 255 g/mol. The lowest BCUT2D eigenvalue weighted by Gasteiger charge is -2.33. The molecule has 1 fully saturated rings. The highest BCUT2D eigenvalue weighted by atomic mass is 16.2. The quantitative estimate of drug-likeness (QED) is 0.756. The first-order chi connectivity index (χ1) is 8.52. The molecule has 0 aromatic rings. The third-order valence-corrected chi connectivity index (χ3v) is 3.89. The van der Waals surface area contributed by atoms with E-state index in [0.29, 0.717) is 18.6 Å². The highest BCUT2D eigenvalue weighted by molar-refractivity contribution is 5.78. The molecule has 0 spiro atoms. The van der Waals surface area contributed by atoms with Crippen molar-refractivity contribution >= 4 is 5.91 Å². The van der Waals surface area contributed by atoms with Gasteiger partial charge in [-0.1, -0.05) is 13.3 Å². The number of amides is 1. The minimum Gasteiger partial charge on any atom is -0.353 e. The summed E-state index contributed by atoms with van der Waals surface area (Å²) in [6.07, 6.45) is 6.57. The lowest BCUT2D eigenvalue weighted by molar-refractivity contribution is -0.123. The Morgan fingerprint density at radius 3 is 2.56 bits per heavy atom. The van der Waals surface area contributed by atoms with Crippen LogP contribution < -0.4 is 11.1 Å². The molecular formula is C14H29N3O. The van der Waals surface area contributed by atoms with Crippen LogP contribution in [-0.4, -0.2) is 42.5 Å². The largest absolute Gasteiger partial charge is 0.353 e. The standard InChI is InChI=1S/C14H29N3O/c1-4-5-11(2)16-14(18)10-17(3)13-8-6-12(15)7-9-13/h11-13H,4-10,15H2,1-3H3,(H,16,18). The van der Waals surface area contributed by atoms with E-state index in [-0.39, 0.29) is 11.9 Å². The summed E-state index contributed by atoms with van der Waals surface area (Å²) in [4.78, 5) is 14.0. The molecule has 1 unspecified atom stereocenters. The first kappa shape index (κ1) is 15.4. The third-order valence-electron chi connectivity index (χ3n) is 3.89. The van der Waals surface area contributed by atoms with Gasteiger partial charge in [0.1, 0.15) is 0 Å². The van der Waals surface area contributed by atoms with E-state index in [2.05, 4.69) is 24.1 Å². The Kier molecular flexibility index (Phi) is 6.65. The number of likely N-dealkylation sites (N-methyl/N-ethyl adjacent to an activating group) is 1. The number of nitrogens with one attached hydrogen (secondary N) is 1. The zero-order chi connectivity index (χ0) is 13.5. The van der Waals surface area contributed by atoms with Crippen LogP contribution in [0.2, 0.25) is 0 Å². The fourth-order valence-corrected chi connectivity index (χ4v) is 2.72. The fourth-order valence-electron chi connectivity index (χ4n) is 2.72. The number of carbonyl (C=O) groups is 1. The molecule has 0 heterocycles. The number of hydrogen-bond donors (Lipinski definition) is 2. The maximum Gasteiger partial charge on any atom is 0.234 e. The summed E-state index contributed by atoms with van der Waals surface area (Å²) < 4.78 is 0. The third kappa shape index (κ3) is 5.36. The summed E-state index contributed by atoms with van der Waals surface area (Å²) >= 11 is 0. The average molecular weight is 255 g/mol. The Labute approximate surface area is 111 Å². The average Bonchev–Trinajstić information content (AvgIpc) is 2.29. The summed E-state index contributed by atoms with van der Waals surface area (Å²) in [6, 6.07) is 1.18. The molecule has 18 heavy (non-hydrogen) atoms. The van der Waals surface area contributed by atoms with Gasteiger partial charge in [0.2, 0.25) is 5.91 Å². The van der Waals surface area contributed by atoms with Gasteiger partial charge in [0, 0.05) is 18.1 Å². The van der Waals surface area contributed by atoms with Crippen LogP contribution in [0.5, 0.6) is 0 Å². The Balaban J connectivity index is 2.26. The van der Waals surface area contributed by atoms with Gasteiger partial charge >= 0.3 is 0 Å². The minimum atomic E-state index is 0.147. The summed E-state index contributed by atoms with van der Waals surface area (Å²) in [5.41, 5.74) is 5.90. The molecule has 4 nitrogen and oxygen atoms in total. The second kappa shape index (κ2) is 7.74. The molecule has 0 aliphatic heterocycles. The maximum atomic E-state index is 11.9. The molecular weight excluding hydrogens is 226 g/mol. The van der Waals surface area contributed by atoms with E-state index in [9.17, 15) is 4.79 Å². The Morgan fingerprint density at radius 2 is 2.00 bits per heavy atom. The summed E-state index contributed by atoms with van der Waals surface area (Å²) in [5.74, 6) is 0.147. The topological polar surface area (TPSA) is 58.4 Å². The van der Waals surface area contributed by atoms with E-state index in [1.807, 2.05) is 7.05 Å². The van der Waals surface area contributed by atoms with Crippen LogP contribution in [0.1, 0.15) is 52.4 Å². The van der Waals surface area contributed by atoms with Crippen molar-refractivity contribution in [2.45, 2.75) is 70.5 Å². The zero-order valence-corrected chi connectivity index (χ0v) is 12.1. The van der Waals surface area contributed by atoms with Crippen molar-refractivity contribution < 1.29 is 4.79 Å². The number of nitrogens with two attached hydrogens (primary N) is 1. The molecule has 1 atom stereocenters. The number of nitrogens with zero attached hydrogens (tertiary/aromatic N) is 1. The lowest BCUT2D eigenvalue weighted by Crippen LogP contribution is -2.45. The number of carbonyl (C=O) groups excluding carboxylic acids is 1. The maximum absolute atomic E-state index is 11.9. The van der Waals surface area contributed by atoms with Crippen LogP contribution in [0.15, 0.2) is 0 Å². The molecule has 0 saturated heterocycles. The van der Waals surface area contributed by atoms with E-state index in [4.69, 9.17) is 5.73 Å². The van der Waals surface area contributed by atoms with Gasteiger partial charge in [0.15, 0.2) is 0 Å². The zero-order valence-electron chi connectivity index (χ0n) is 12.1. The van der Waals surface area contributed by atoms with E-state index in [1.54, 1.807) is 0 Å². The van der Waals surface area contributed by atoms with Gasteiger partial charge < -0.3 is 11.1 Å². The minimum absolute atomic E-state index is 0.147. The van der Waals surface area contributed by atoms with Crippen molar-refractivity contribution in [2.24, 2.45) is 5.73 Å². The predicted octanol–water partition coefficient (Wildman–Crippen LogP) is 1.49. The van der Waals surface area contributed by atoms with Crippen LogP contribution in [0.3, 0.4) is 0 Å². The van der Waals surface area contributed by atoms with Crippen LogP contribution in [-0.2, 0) is 4.79 Å². The van der Waals surface area contributed by atoms with E-state index >= 15 is 0 Å². The van der Waals surface area contributed by atoms with Crippen LogP contribution >= 0.6 is 0 Å². The molecule has 1 saturated carbocycles. The second-order valence-corrected chi connectivity index (χ2v) is 5.74. The Hall–Kier alpha value is -0.610. The smallest absolute Gasteiger partial charge is 0.234 e. The van der Waals surface area contributed by atoms with Crippen molar-refractivity contribution in [1.29, 1.82) is 0 Å². The van der Waals surface area contributed by atoms with Crippen molar-refractivity contribution in [3.8, 4) is 0 Å². The van der Waals surface area contributed by atoms with Crippen molar-refractivity contribution in [1.82, 2.24) is 10.2 Å². The van der Waals surface area contributed by atoms with E-state index in [0.717, 1.165) is 38.5 Å². The lowest BCUT2D eigenvalue weighted by atomic mass is 9.91. The predicted molar refractivity (Wildman–Crippen MR) is 75.4 cm³/mol. The number of hydrogen-bond acceptors (Lipinski definition) is 3. The normalized spacial score (nSPS) is 26.1. The highest BCUT2D eigenvalue weighted by Crippen LogP contribution is 2.20. The highest BCUT2D eigenvalue weighted by Gasteiger charge is 2.23. The summed E-state index contributed by atoms with van der Waals surface area (Å²) in [5, 5.41) is 3.05. The van der Waals surface area contributed by atoms with Gasteiger partial charge in [-0.15, -0.1) is 0 Å². The summed E-state index contributed by atoms with van der Waals surface area (Å²) in [6.45, 7) is 4.72. The van der Waals surface area contributed by atoms with Crippen molar-refractivity contribution in [3.05, 3.63) is 0 Å². The van der Waals surface area contributed by atoms with Crippen molar-refractivity contribution in [2.75, 3.05) is 13.6 Å². The van der Waals surface area contributed by atoms with Crippen LogP contribution in [0.4, 0.5) is 0 Å². The molecule has 4 heteroatoms.